The van der Waals surface area contributed by atoms with Crippen molar-refractivity contribution in [2.24, 2.45) is 5.73 Å². The van der Waals surface area contributed by atoms with Crippen molar-refractivity contribution >= 4 is 21.9 Å². The van der Waals surface area contributed by atoms with Gasteiger partial charge in [-0.05, 0) is 47.3 Å². The van der Waals surface area contributed by atoms with Crippen molar-refractivity contribution in [3.63, 3.8) is 0 Å². The SMILES string of the molecule is Cc1nc(N2CCCC(N)C2)n(Cc2ccccc2C#N)c(=O)c1Br. The molecule has 130 valence electrons. The Morgan fingerprint density at radius 1 is 1.44 bits per heavy atom. The molecule has 1 saturated heterocycles. The Balaban J connectivity index is 2.09. The van der Waals surface area contributed by atoms with Crippen molar-refractivity contribution < 1.29 is 0 Å². The Bertz CT molecular complexity index is 886. The molecule has 1 aromatic carbocycles. The molecule has 7 heteroatoms. The molecule has 2 heterocycles. The summed E-state index contributed by atoms with van der Waals surface area (Å²) < 4.78 is 2.08. The second-order valence-electron chi connectivity index (χ2n) is 6.32. The van der Waals surface area contributed by atoms with Gasteiger partial charge in [0.2, 0.25) is 5.95 Å². The van der Waals surface area contributed by atoms with Crippen LogP contribution < -0.4 is 16.2 Å². The standard InChI is InChI=1S/C18H20BrN5O/c1-12-16(19)17(25)24(10-14-6-3-2-5-13(14)9-20)18(22-12)23-8-4-7-15(21)11-23/h2-3,5-6,15H,4,7-8,10-11,21H2,1H3. The first-order valence-corrected chi connectivity index (χ1v) is 9.06. The van der Waals surface area contributed by atoms with Crippen LogP contribution in [0.3, 0.4) is 0 Å². The van der Waals surface area contributed by atoms with Crippen LogP contribution in [0.2, 0.25) is 0 Å². The normalized spacial score (nSPS) is 17.4. The lowest BCUT2D eigenvalue weighted by atomic mass is 10.1. The van der Waals surface area contributed by atoms with Gasteiger partial charge in [-0.3, -0.25) is 9.36 Å². The molecule has 0 spiro atoms. The van der Waals surface area contributed by atoms with Crippen LogP contribution in [0.1, 0.15) is 29.7 Å². The van der Waals surface area contributed by atoms with E-state index in [4.69, 9.17) is 5.73 Å². The lowest BCUT2D eigenvalue weighted by Gasteiger charge is -2.33. The van der Waals surface area contributed by atoms with Crippen molar-refractivity contribution in [3.05, 3.63) is 55.9 Å². The molecule has 0 amide bonds. The molecule has 0 saturated carbocycles. The van der Waals surface area contributed by atoms with E-state index in [1.54, 1.807) is 10.6 Å². The lowest BCUT2D eigenvalue weighted by Crippen LogP contribution is -2.45. The minimum atomic E-state index is -0.144. The van der Waals surface area contributed by atoms with Gasteiger partial charge in [0.05, 0.1) is 23.9 Å². The maximum Gasteiger partial charge on any atom is 0.269 e. The van der Waals surface area contributed by atoms with Crippen LogP contribution in [-0.4, -0.2) is 28.7 Å². The largest absolute Gasteiger partial charge is 0.341 e. The third-order valence-electron chi connectivity index (χ3n) is 4.47. The van der Waals surface area contributed by atoms with Gasteiger partial charge < -0.3 is 10.6 Å². The third-order valence-corrected chi connectivity index (χ3v) is 5.38. The van der Waals surface area contributed by atoms with Gasteiger partial charge in [-0.1, -0.05) is 18.2 Å². The van der Waals surface area contributed by atoms with Gasteiger partial charge in [0.1, 0.15) is 4.47 Å². The average molecular weight is 402 g/mol. The number of nitrogens with two attached hydrogens (primary N) is 1. The molecule has 2 aromatic rings. The number of hydrogen-bond acceptors (Lipinski definition) is 5. The van der Waals surface area contributed by atoms with E-state index in [2.05, 4.69) is 31.9 Å². The van der Waals surface area contributed by atoms with E-state index in [1.165, 1.54) is 0 Å². The summed E-state index contributed by atoms with van der Waals surface area (Å²) in [6.07, 6.45) is 1.95. The summed E-state index contributed by atoms with van der Waals surface area (Å²) in [4.78, 5) is 19.6. The van der Waals surface area contributed by atoms with E-state index >= 15 is 0 Å². The highest BCUT2D eigenvalue weighted by Crippen LogP contribution is 2.21. The fraction of sp³-hybridized carbons (Fsp3) is 0.389. The highest BCUT2D eigenvalue weighted by molar-refractivity contribution is 9.10. The molecule has 1 unspecified atom stereocenters. The van der Waals surface area contributed by atoms with Crippen LogP contribution in [0.4, 0.5) is 5.95 Å². The number of aromatic nitrogens is 2. The number of rotatable bonds is 3. The van der Waals surface area contributed by atoms with Crippen LogP contribution in [0.15, 0.2) is 33.5 Å². The van der Waals surface area contributed by atoms with E-state index in [1.807, 2.05) is 25.1 Å². The molecule has 0 aliphatic carbocycles. The molecule has 1 aliphatic rings. The number of halogens is 1. The van der Waals surface area contributed by atoms with Crippen LogP contribution in [0, 0.1) is 18.3 Å². The van der Waals surface area contributed by atoms with Crippen LogP contribution in [0.25, 0.3) is 0 Å². The molecule has 25 heavy (non-hydrogen) atoms. The van der Waals surface area contributed by atoms with Gasteiger partial charge in [-0.2, -0.15) is 5.26 Å². The smallest absolute Gasteiger partial charge is 0.269 e. The number of piperidine rings is 1. The second kappa shape index (κ2) is 7.38. The Labute approximate surface area is 155 Å². The van der Waals surface area contributed by atoms with Crippen molar-refractivity contribution in [2.75, 3.05) is 18.0 Å². The molecule has 2 N–H and O–H groups in total. The number of aryl methyl sites for hydroxylation is 1. The molecule has 0 bridgehead atoms. The molecular weight excluding hydrogens is 382 g/mol. The van der Waals surface area contributed by atoms with Crippen LogP contribution >= 0.6 is 15.9 Å². The zero-order valence-electron chi connectivity index (χ0n) is 14.1. The first kappa shape index (κ1) is 17.6. The van der Waals surface area contributed by atoms with E-state index in [-0.39, 0.29) is 11.6 Å². The topological polar surface area (TPSA) is 87.9 Å². The van der Waals surface area contributed by atoms with Gasteiger partial charge in [-0.25, -0.2) is 4.98 Å². The van der Waals surface area contributed by atoms with Gasteiger partial charge in [0, 0.05) is 19.1 Å². The van der Waals surface area contributed by atoms with Crippen LogP contribution in [0.5, 0.6) is 0 Å². The highest BCUT2D eigenvalue weighted by atomic mass is 79.9. The summed E-state index contributed by atoms with van der Waals surface area (Å²) in [7, 11) is 0. The predicted molar refractivity (Wildman–Crippen MR) is 101 cm³/mol. The molecule has 1 fully saturated rings. The average Bonchev–Trinajstić information content (AvgIpc) is 2.62. The van der Waals surface area contributed by atoms with E-state index in [9.17, 15) is 10.1 Å². The van der Waals surface area contributed by atoms with E-state index in [0.717, 1.165) is 24.9 Å². The summed E-state index contributed by atoms with van der Waals surface area (Å²) in [5, 5.41) is 9.33. The number of nitriles is 1. The van der Waals surface area contributed by atoms with Crippen molar-refractivity contribution in [2.45, 2.75) is 32.4 Å². The number of anilines is 1. The quantitative estimate of drug-likeness (QED) is 0.850. The number of benzene rings is 1. The molecule has 0 radical (unpaired) electrons. The maximum atomic E-state index is 12.9. The summed E-state index contributed by atoms with van der Waals surface area (Å²) >= 11 is 3.34. The molecular formula is C18H20BrN5O. The van der Waals surface area contributed by atoms with E-state index in [0.29, 0.717) is 34.8 Å². The predicted octanol–water partition coefficient (Wildman–Crippen LogP) is 2.16. The van der Waals surface area contributed by atoms with Gasteiger partial charge in [0.25, 0.3) is 5.56 Å². The summed E-state index contributed by atoms with van der Waals surface area (Å²) in [5.41, 5.74) is 7.98. The maximum absolute atomic E-state index is 12.9. The van der Waals surface area contributed by atoms with Gasteiger partial charge in [0.15, 0.2) is 0 Å². The Morgan fingerprint density at radius 3 is 2.92 bits per heavy atom. The third kappa shape index (κ3) is 3.60. The Kier molecular flexibility index (Phi) is 5.21. The number of hydrogen-bond donors (Lipinski definition) is 1. The first-order valence-electron chi connectivity index (χ1n) is 8.26. The Morgan fingerprint density at radius 2 is 2.20 bits per heavy atom. The summed E-state index contributed by atoms with van der Waals surface area (Å²) in [5.74, 6) is 0.619. The molecule has 1 aromatic heterocycles. The van der Waals surface area contributed by atoms with Crippen molar-refractivity contribution in [3.8, 4) is 6.07 Å². The van der Waals surface area contributed by atoms with Crippen molar-refractivity contribution in [1.82, 2.24) is 9.55 Å². The fourth-order valence-electron chi connectivity index (χ4n) is 3.14. The number of nitrogens with zero attached hydrogens (tertiary/aromatic N) is 4. The monoisotopic (exact) mass is 401 g/mol. The second-order valence-corrected chi connectivity index (χ2v) is 7.11. The van der Waals surface area contributed by atoms with E-state index < -0.39 is 0 Å². The molecule has 1 aliphatic heterocycles. The zero-order valence-corrected chi connectivity index (χ0v) is 15.7. The highest BCUT2D eigenvalue weighted by Gasteiger charge is 2.23. The summed E-state index contributed by atoms with van der Waals surface area (Å²) in [6, 6.07) is 9.57. The first-order chi connectivity index (χ1) is 12.0. The summed E-state index contributed by atoms with van der Waals surface area (Å²) in [6.45, 7) is 3.61. The molecule has 6 nitrogen and oxygen atoms in total. The van der Waals surface area contributed by atoms with Crippen molar-refractivity contribution in [1.29, 1.82) is 5.26 Å². The Hall–Kier alpha value is -2.17. The van der Waals surface area contributed by atoms with Gasteiger partial charge >= 0.3 is 0 Å². The van der Waals surface area contributed by atoms with Crippen LogP contribution in [-0.2, 0) is 6.54 Å². The molecule has 3 rings (SSSR count). The lowest BCUT2D eigenvalue weighted by molar-refractivity contribution is 0.490. The molecule has 1 atom stereocenters. The fourth-order valence-corrected chi connectivity index (χ4v) is 3.44. The minimum absolute atomic E-state index is 0.0782. The minimum Gasteiger partial charge on any atom is -0.341 e. The van der Waals surface area contributed by atoms with Gasteiger partial charge in [-0.15, -0.1) is 0 Å². The zero-order chi connectivity index (χ0) is 18.0.